The summed E-state index contributed by atoms with van der Waals surface area (Å²) in [5.74, 6) is 1.69. The van der Waals surface area contributed by atoms with Crippen molar-refractivity contribution in [1.29, 1.82) is 5.26 Å². The molecule has 0 radical (unpaired) electrons. The first-order valence-electron chi connectivity index (χ1n) is 6.86. The molecule has 0 aromatic carbocycles. The summed E-state index contributed by atoms with van der Waals surface area (Å²) >= 11 is 0. The molecule has 1 saturated carbocycles. The Morgan fingerprint density at radius 1 is 1.39 bits per heavy atom. The zero-order valence-electron chi connectivity index (χ0n) is 11.3. The number of nitriles is 1. The molecule has 96 valence electrons. The van der Waals surface area contributed by atoms with E-state index in [0.29, 0.717) is 11.7 Å². The highest BCUT2D eigenvalue weighted by atomic mass is 15.2. The molecule has 2 atom stereocenters. The molecule has 1 aromatic heterocycles. The highest BCUT2D eigenvalue weighted by Crippen LogP contribution is 2.31. The van der Waals surface area contributed by atoms with Crippen LogP contribution in [-0.2, 0) is 0 Å². The van der Waals surface area contributed by atoms with Gasteiger partial charge in [-0.2, -0.15) is 5.26 Å². The molecule has 0 amide bonds. The normalized spacial score (nSPS) is 23.4. The Labute approximate surface area is 109 Å². The maximum absolute atomic E-state index is 8.92. The molecule has 0 saturated heterocycles. The lowest BCUT2D eigenvalue weighted by atomic mass is 9.82. The Hall–Kier alpha value is -1.56. The summed E-state index contributed by atoms with van der Waals surface area (Å²) < 4.78 is 0. The van der Waals surface area contributed by atoms with Gasteiger partial charge in [-0.25, -0.2) is 4.98 Å². The van der Waals surface area contributed by atoms with Gasteiger partial charge in [-0.15, -0.1) is 0 Å². The van der Waals surface area contributed by atoms with Crippen molar-refractivity contribution < 1.29 is 0 Å². The molecule has 1 aromatic rings. The van der Waals surface area contributed by atoms with E-state index in [9.17, 15) is 0 Å². The molecule has 2 unspecified atom stereocenters. The quantitative estimate of drug-likeness (QED) is 0.817. The Kier molecular flexibility index (Phi) is 4.19. The minimum Gasteiger partial charge on any atom is -0.356 e. The maximum atomic E-state index is 8.92. The van der Waals surface area contributed by atoms with Crippen LogP contribution in [0.2, 0.25) is 0 Å². The molecule has 1 fully saturated rings. The molecule has 18 heavy (non-hydrogen) atoms. The van der Waals surface area contributed by atoms with Crippen LogP contribution < -0.4 is 4.90 Å². The van der Waals surface area contributed by atoms with E-state index in [-0.39, 0.29) is 0 Å². The highest BCUT2D eigenvalue weighted by Gasteiger charge is 2.27. The summed E-state index contributed by atoms with van der Waals surface area (Å²) in [5.41, 5.74) is 0.503. The Bertz CT molecular complexity index is 436. The molecule has 0 bridgehead atoms. The number of aromatic nitrogens is 1. The number of nitrogens with zero attached hydrogens (tertiary/aromatic N) is 3. The smallest absolute Gasteiger partial charge is 0.142 e. The van der Waals surface area contributed by atoms with Gasteiger partial charge in [-0.3, -0.25) is 0 Å². The summed E-state index contributed by atoms with van der Waals surface area (Å²) in [6.07, 6.45) is 6.46. The lowest BCUT2D eigenvalue weighted by Crippen LogP contribution is -2.40. The molecule has 0 aliphatic heterocycles. The minimum absolute atomic E-state index is 0.503. The fourth-order valence-electron chi connectivity index (χ4n) is 3.03. The van der Waals surface area contributed by atoms with Crippen LogP contribution in [0.25, 0.3) is 0 Å². The van der Waals surface area contributed by atoms with Crippen molar-refractivity contribution in [2.24, 2.45) is 5.92 Å². The van der Waals surface area contributed by atoms with E-state index in [1.165, 1.54) is 32.1 Å². The van der Waals surface area contributed by atoms with Crippen molar-refractivity contribution in [2.45, 2.75) is 45.1 Å². The first kappa shape index (κ1) is 12.9. The lowest BCUT2D eigenvalue weighted by Gasteiger charge is -2.38. The lowest BCUT2D eigenvalue weighted by molar-refractivity contribution is 0.291. The standard InChI is InChI=1S/C15H21N3/c1-3-12-7-4-5-9-14(12)18(2)15-10-6-8-13(11-16)17-15/h6,8,10,12,14H,3-5,7,9H2,1-2H3. The molecular weight excluding hydrogens is 222 g/mol. The van der Waals surface area contributed by atoms with Gasteiger partial charge in [0, 0.05) is 13.1 Å². The van der Waals surface area contributed by atoms with Gasteiger partial charge in [-0.05, 0) is 30.9 Å². The van der Waals surface area contributed by atoms with Gasteiger partial charge in [0.1, 0.15) is 17.6 Å². The van der Waals surface area contributed by atoms with E-state index in [4.69, 9.17) is 5.26 Å². The summed E-state index contributed by atoms with van der Waals surface area (Å²) in [5, 5.41) is 8.92. The van der Waals surface area contributed by atoms with Crippen molar-refractivity contribution in [3.63, 3.8) is 0 Å². The summed E-state index contributed by atoms with van der Waals surface area (Å²) in [6.45, 7) is 2.27. The third-order valence-corrected chi connectivity index (χ3v) is 4.10. The summed E-state index contributed by atoms with van der Waals surface area (Å²) in [7, 11) is 2.11. The summed E-state index contributed by atoms with van der Waals surface area (Å²) in [6, 6.07) is 8.37. The van der Waals surface area contributed by atoms with E-state index in [0.717, 1.165) is 11.7 Å². The molecule has 2 rings (SSSR count). The van der Waals surface area contributed by atoms with Crippen LogP contribution in [0.3, 0.4) is 0 Å². The van der Waals surface area contributed by atoms with Crippen LogP contribution in [0.4, 0.5) is 5.82 Å². The second kappa shape index (κ2) is 5.86. The molecule has 3 heteroatoms. The number of hydrogen-bond acceptors (Lipinski definition) is 3. The van der Waals surface area contributed by atoms with E-state index in [2.05, 4.69) is 29.9 Å². The number of rotatable bonds is 3. The second-order valence-corrected chi connectivity index (χ2v) is 5.12. The van der Waals surface area contributed by atoms with Crippen LogP contribution in [-0.4, -0.2) is 18.1 Å². The maximum Gasteiger partial charge on any atom is 0.142 e. The van der Waals surface area contributed by atoms with Crippen molar-refractivity contribution in [3.8, 4) is 6.07 Å². The number of anilines is 1. The average Bonchev–Trinajstić information content (AvgIpc) is 2.46. The monoisotopic (exact) mass is 243 g/mol. The van der Waals surface area contributed by atoms with E-state index < -0.39 is 0 Å². The predicted octanol–water partition coefficient (Wildman–Crippen LogP) is 3.36. The Morgan fingerprint density at radius 2 is 2.17 bits per heavy atom. The zero-order chi connectivity index (χ0) is 13.0. The zero-order valence-corrected chi connectivity index (χ0v) is 11.3. The largest absolute Gasteiger partial charge is 0.356 e. The molecule has 1 aliphatic carbocycles. The summed E-state index contributed by atoms with van der Waals surface area (Å²) in [4.78, 5) is 6.67. The van der Waals surface area contributed by atoms with Gasteiger partial charge in [0.25, 0.3) is 0 Å². The topological polar surface area (TPSA) is 39.9 Å². The van der Waals surface area contributed by atoms with Crippen LogP contribution >= 0.6 is 0 Å². The van der Waals surface area contributed by atoms with Crippen molar-refractivity contribution >= 4 is 5.82 Å². The van der Waals surface area contributed by atoms with Gasteiger partial charge in [0.2, 0.25) is 0 Å². The number of pyridine rings is 1. The SMILES string of the molecule is CCC1CCCCC1N(C)c1cccc(C#N)n1. The van der Waals surface area contributed by atoms with Crippen molar-refractivity contribution in [3.05, 3.63) is 23.9 Å². The Balaban J connectivity index is 2.18. The van der Waals surface area contributed by atoms with Crippen LogP contribution in [0.1, 0.15) is 44.7 Å². The first-order chi connectivity index (χ1) is 8.76. The average molecular weight is 243 g/mol. The molecule has 0 spiro atoms. The van der Waals surface area contributed by atoms with Crippen molar-refractivity contribution in [1.82, 2.24) is 4.98 Å². The van der Waals surface area contributed by atoms with Gasteiger partial charge in [-0.1, -0.05) is 32.3 Å². The fourth-order valence-corrected chi connectivity index (χ4v) is 3.03. The van der Waals surface area contributed by atoms with Gasteiger partial charge < -0.3 is 4.90 Å². The highest BCUT2D eigenvalue weighted by molar-refractivity contribution is 5.42. The molecule has 1 heterocycles. The third-order valence-electron chi connectivity index (χ3n) is 4.10. The molecule has 3 nitrogen and oxygen atoms in total. The van der Waals surface area contributed by atoms with Crippen LogP contribution in [0.5, 0.6) is 0 Å². The fraction of sp³-hybridized carbons (Fsp3) is 0.600. The molecule has 0 N–H and O–H groups in total. The molecule has 1 aliphatic rings. The predicted molar refractivity (Wildman–Crippen MR) is 73.4 cm³/mol. The van der Waals surface area contributed by atoms with Crippen molar-refractivity contribution in [2.75, 3.05) is 11.9 Å². The number of hydrogen-bond donors (Lipinski definition) is 0. The van der Waals surface area contributed by atoms with E-state index in [1.54, 1.807) is 6.07 Å². The van der Waals surface area contributed by atoms with E-state index in [1.807, 2.05) is 12.1 Å². The van der Waals surface area contributed by atoms with Crippen LogP contribution in [0.15, 0.2) is 18.2 Å². The van der Waals surface area contributed by atoms with Gasteiger partial charge >= 0.3 is 0 Å². The Morgan fingerprint density at radius 3 is 2.89 bits per heavy atom. The van der Waals surface area contributed by atoms with Gasteiger partial charge in [0.15, 0.2) is 0 Å². The first-order valence-corrected chi connectivity index (χ1v) is 6.86. The van der Waals surface area contributed by atoms with Crippen LogP contribution in [0, 0.1) is 17.2 Å². The minimum atomic E-state index is 0.503. The molecular formula is C15H21N3. The third kappa shape index (κ3) is 2.64. The second-order valence-electron chi connectivity index (χ2n) is 5.12. The van der Waals surface area contributed by atoms with E-state index >= 15 is 0 Å². The van der Waals surface area contributed by atoms with Gasteiger partial charge in [0.05, 0.1) is 0 Å².